The van der Waals surface area contributed by atoms with Gasteiger partial charge in [0.2, 0.25) is 0 Å². The van der Waals surface area contributed by atoms with Crippen LogP contribution in [0.1, 0.15) is 11.1 Å². The Morgan fingerprint density at radius 1 is 1.00 bits per heavy atom. The summed E-state index contributed by atoms with van der Waals surface area (Å²) in [4.78, 5) is 11.5. The summed E-state index contributed by atoms with van der Waals surface area (Å²) in [7, 11) is -1.27. The third-order valence-electron chi connectivity index (χ3n) is 3.92. The van der Waals surface area contributed by atoms with Crippen molar-refractivity contribution < 1.29 is 8.95 Å². The Labute approximate surface area is 153 Å². The van der Waals surface area contributed by atoms with Gasteiger partial charge in [-0.05, 0) is 29.3 Å². The van der Waals surface area contributed by atoms with Gasteiger partial charge in [0.15, 0.2) is 5.16 Å². The quantitative estimate of drug-likeness (QED) is 0.565. The summed E-state index contributed by atoms with van der Waals surface area (Å²) < 4.78 is 18.5. The molecule has 4 aromatic rings. The summed E-state index contributed by atoms with van der Waals surface area (Å²) in [6, 6.07) is 19.5. The molecule has 2 aromatic carbocycles. The second kappa shape index (κ2) is 7.49. The third kappa shape index (κ3) is 3.81. The minimum absolute atomic E-state index is 0.371. The number of fused-ring (bicyclic) bond motifs is 1. The first-order valence-electron chi connectivity index (χ1n) is 8.22. The van der Waals surface area contributed by atoms with Gasteiger partial charge in [-0.25, -0.2) is 4.98 Å². The van der Waals surface area contributed by atoms with Crippen LogP contribution in [0.4, 0.5) is 0 Å². The Kier molecular flexibility index (Phi) is 4.75. The lowest BCUT2D eigenvalue weighted by Gasteiger charge is -2.08. The average molecular weight is 363 g/mol. The van der Waals surface area contributed by atoms with E-state index in [0.717, 1.165) is 27.9 Å². The van der Waals surface area contributed by atoms with Crippen LogP contribution in [0.15, 0.2) is 78.2 Å². The predicted molar refractivity (Wildman–Crippen MR) is 101 cm³/mol. The number of imidazole rings is 1. The van der Waals surface area contributed by atoms with E-state index in [1.54, 1.807) is 18.5 Å². The molecule has 1 unspecified atom stereocenters. The molecule has 2 aromatic heterocycles. The largest absolute Gasteiger partial charge is 0.489 e. The van der Waals surface area contributed by atoms with E-state index in [1.807, 2.05) is 54.6 Å². The van der Waals surface area contributed by atoms with Crippen LogP contribution in [-0.4, -0.2) is 19.2 Å². The normalized spacial score (nSPS) is 12.2. The van der Waals surface area contributed by atoms with Crippen molar-refractivity contribution in [2.75, 3.05) is 0 Å². The minimum atomic E-state index is -1.27. The highest BCUT2D eigenvalue weighted by Crippen LogP contribution is 2.19. The molecular weight excluding hydrogens is 346 g/mol. The first-order valence-corrected chi connectivity index (χ1v) is 9.53. The molecule has 0 saturated carbocycles. The molecule has 4 rings (SSSR count). The maximum Gasteiger partial charge on any atom is 0.197 e. The lowest BCUT2D eigenvalue weighted by molar-refractivity contribution is 0.306. The van der Waals surface area contributed by atoms with E-state index >= 15 is 0 Å². The maximum absolute atomic E-state index is 12.6. The fourth-order valence-corrected chi connectivity index (χ4v) is 3.67. The van der Waals surface area contributed by atoms with Crippen LogP contribution in [0.3, 0.4) is 0 Å². The van der Waals surface area contributed by atoms with E-state index in [0.29, 0.717) is 17.5 Å². The van der Waals surface area contributed by atoms with Crippen LogP contribution in [-0.2, 0) is 23.2 Å². The SMILES string of the molecule is O=S(Cc1cccc(OCc2ccccc2)c1)c1nc2ccncc2[nH]1. The molecule has 1 N–H and O–H groups in total. The van der Waals surface area contributed by atoms with E-state index in [9.17, 15) is 4.21 Å². The van der Waals surface area contributed by atoms with Crippen LogP contribution in [0.5, 0.6) is 5.75 Å². The lowest BCUT2D eigenvalue weighted by atomic mass is 10.2. The highest BCUT2D eigenvalue weighted by Gasteiger charge is 2.11. The zero-order chi connectivity index (χ0) is 17.8. The minimum Gasteiger partial charge on any atom is -0.489 e. The van der Waals surface area contributed by atoms with Gasteiger partial charge in [0, 0.05) is 6.20 Å². The van der Waals surface area contributed by atoms with Crippen molar-refractivity contribution in [1.82, 2.24) is 15.0 Å². The Morgan fingerprint density at radius 2 is 1.85 bits per heavy atom. The highest BCUT2D eigenvalue weighted by molar-refractivity contribution is 7.84. The number of rotatable bonds is 6. The van der Waals surface area contributed by atoms with Crippen molar-refractivity contribution in [1.29, 1.82) is 0 Å². The van der Waals surface area contributed by atoms with E-state index in [4.69, 9.17) is 4.74 Å². The van der Waals surface area contributed by atoms with Gasteiger partial charge in [-0.2, -0.15) is 0 Å². The van der Waals surface area contributed by atoms with Gasteiger partial charge in [0.25, 0.3) is 0 Å². The van der Waals surface area contributed by atoms with Crippen molar-refractivity contribution in [3.05, 3.63) is 84.2 Å². The number of hydrogen-bond donors (Lipinski definition) is 1. The van der Waals surface area contributed by atoms with E-state index in [2.05, 4.69) is 15.0 Å². The van der Waals surface area contributed by atoms with Crippen LogP contribution in [0, 0.1) is 0 Å². The molecule has 0 radical (unpaired) electrons. The molecule has 0 saturated heterocycles. The molecule has 2 heterocycles. The van der Waals surface area contributed by atoms with Crippen molar-refractivity contribution >= 4 is 21.8 Å². The van der Waals surface area contributed by atoms with Crippen molar-refractivity contribution in [2.45, 2.75) is 17.5 Å². The first kappa shape index (κ1) is 16.5. The second-order valence-electron chi connectivity index (χ2n) is 5.85. The van der Waals surface area contributed by atoms with Gasteiger partial charge in [-0.1, -0.05) is 42.5 Å². The maximum atomic E-state index is 12.6. The predicted octanol–water partition coefficient (Wildman–Crippen LogP) is 3.84. The van der Waals surface area contributed by atoms with Gasteiger partial charge in [0.05, 0.1) is 33.8 Å². The molecular formula is C20H17N3O2S. The van der Waals surface area contributed by atoms with Gasteiger partial charge >= 0.3 is 0 Å². The number of benzene rings is 2. The Bertz CT molecular complexity index is 1010. The molecule has 0 bridgehead atoms. The number of nitrogens with one attached hydrogen (secondary N) is 1. The molecule has 1 atom stereocenters. The summed E-state index contributed by atoms with van der Waals surface area (Å²) in [5.41, 5.74) is 3.60. The Balaban J connectivity index is 1.45. The van der Waals surface area contributed by atoms with Gasteiger partial charge in [-0.3, -0.25) is 9.19 Å². The molecule has 0 amide bonds. The van der Waals surface area contributed by atoms with Crippen LogP contribution in [0.2, 0.25) is 0 Å². The van der Waals surface area contributed by atoms with Gasteiger partial charge in [-0.15, -0.1) is 0 Å². The number of H-pyrrole nitrogens is 1. The molecule has 0 spiro atoms. The fourth-order valence-electron chi connectivity index (χ4n) is 2.63. The number of pyridine rings is 1. The highest BCUT2D eigenvalue weighted by atomic mass is 32.2. The molecule has 0 aliphatic rings. The molecule has 0 aliphatic heterocycles. The second-order valence-corrected chi connectivity index (χ2v) is 7.21. The number of ether oxygens (including phenoxy) is 1. The number of aromatic nitrogens is 3. The van der Waals surface area contributed by atoms with Crippen LogP contribution >= 0.6 is 0 Å². The zero-order valence-corrected chi connectivity index (χ0v) is 14.8. The molecule has 6 heteroatoms. The summed E-state index contributed by atoms with van der Waals surface area (Å²) in [6.45, 7) is 0.504. The monoisotopic (exact) mass is 363 g/mol. The van der Waals surface area contributed by atoms with E-state index in [-0.39, 0.29) is 0 Å². The van der Waals surface area contributed by atoms with Crippen LogP contribution in [0.25, 0.3) is 11.0 Å². The van der Waals surface area contributed by atoms with Crippen LogP contribution < -0.4 is 4.74 Å². The molecule has 5 nitrogen and oxygen atoms in total. The number of nitrogens with zero attached hydrogens (tertiary/aromatic N) is 2. The number of hydrogen-bond acceptors (Lipinski definition) is 4. The summed E-state index contributed by atoms with van der Waals surface area (Å²) >= 11 is 0. The molecule has 130 valence electrons. The zero-order valence-electron chi connectivity index (χ0n) is 14.0. The molecule has 0 fully saturated rings. The average Bonchev–Trinajstić information content (AvgIpc) is 3.12. The van der Waals surface area contributed by atoms with Gasteiger partial charge in [0.1, 0.15) is 12.4 Å². The standard InChI is InChI=1S/C20H17N3O2S/c24-26(20-22-18-9-10-21-12-19(18)23-20)14-16-7-4-8-17(11-16)25-13-15-5-2-1-3-6-15/h1-12H,13-14H2,(H,22,23). The molecule has 26 heavy (non-hydrogen) atoms. The van der Waals surface area contributed by atoms with Crippen molar-refractivity contribution in [3.63, 3.8) is 0 Å². The lowest BCUT2D eigenvalue weighted by Crippen LogP contribution is -2.00. The van der Waals surface area contributed by atoms with Gasteiger partial charge < -0.3 is 9.72 Å². The van der Waals surface area contributed by atoms with Crippen molar-refractivity contribution in [2.24, 2.45) is 0 Å². The Hall–Kier alpha value is -2.99. The smallest absolute Gasteiger partial charge is 0.197 e. The molecule has 0 aliphatic carbocycles. The summed E-state index contributed by atoms with van der Waals surface area (Å²) in [5.74, 6) is 1.13. The topological polar surface area (TPSA) is 67.9 Å². The summed E-state index contributed by atoms with van der Waals surface area (Å²) in [6.07, 6.45) is 3.35. The summed E-state index contributed by atoms with van der Waals surface area (Å²) in [5, 5.41) is 0.462. The Morgan fingerprint density at radius 3 is 2.69 bits per heavy atom. The van der Waals surface area contributed by atoms with E-state index < -0.39 is 10.8 Å². The van der Waals surface area contributed by atoms with Crippen molar-refractivity contribution in [3.8, 4) is 5.75 Å². The van der Waals surface area contributed by atoms with E-state index in [1.165, 1.54) is 0 Å². The first-order chi connectivity index (χ1) is 12.8. The third-order valence-corrected chi connectivity index (χ3v) is 5.14. The fraction of sp³-hybridized carbons (Fsp3) is 0.100. The number of aromatic amines is 1.